The lowest BCUT2D eigenvalue weighted by Gasteiger charge is -2.31. The summed E-state index contributed by atoms with van der Waals surface area (Å²) in [4.78, 5) is 18.8. The first-order chi connectivity index (χ1) is 16.6. The predicted molar refractivity (Wildman–Crippen MR) is 132 cm³/mol. The third-order valence-corrected chi connectivity index (χ3v) is 8.80. The molecule has 0 aliphatic carbocycles. The summed E-state index contributed by atoms with van der Waals surface area (Å²) in [5.41, 5.74) is 5.19. The summed E-state index contributed by atoms with van der Waals surface area (Å²) >= 11 is 0.924. The van der Waals surface area contributed by atoms with Gasteiger partial charge in [0, 0.05) is 32.8 Å². The minimum Gasteiger partial charge on any atom is -0.383 e. The van der Waals surface area contributed by atoms with E-state index in [2.05, 4.69) is 10.3 Å². The number of piperidine rings is 1. The number of rotatable bonds is 12. The molecule has 1 aliphatic heterocycles. The third kappa shape index (κ3) is 7.17. The molecule has 1 aromatic heterocycles. The lowest BCUT2D eigenvalue weighted by molar-refractivity contribution is 0.103. The third-order valence-electron chi connectivity index (χ3n) is 5.84. The molecule has 0 saturated carbocycles. The standard InChI is InChI=1S/C22H31F2N5O4S2/c1-28(12-13-33-2)9-4-14-35(31,32)29-10-7-15(8-11-29)26-22-27-21(25)20(34-22)19(30)18-16(23)5-3-6-17(18)24/h3,5-6,15H,4,7-14,25H2,1-2H3,(H,26,27). The van der Waals surface area contributed by atoms with Gasteiger partial charge in [-0.1, -0.05) is 17.4 Å². The van der Waals surface area contributed by atoms with Crippen LogP contribution in [0, 0.1) is 11.6 Å². The molecule has 3 N–H and O–H groups in total. The highest BCUT2D eigenvalue weighted by molar-refractivity contribution is 7.89. The maximum absolute atomic E-state index is 14.0. The van der Waals surface area contributed by atoms with Crippen LogP contribution in [0.25, 0.3) is 0 Å². The Labute approximate surface area is 208 Å². The lowest BCUT2D eigenvalue weighted by Crippen LogP contribution is -2.43. The van der Waals surface area contributed by atoms with Crippen LogP contribution >= 0.6 is 11.3 Å². The van der Waals surface area contributed by atoms with E-state index in [0.29, 0.717) is 50.6 Å². The van der Waals surface area contributed by atoms with Gasteiger partial charge >= 0.3 is 0 Å². The van der Waals surface area contributed by atoms with Crippen molar-refractivity contribution in [3.8, 4) is 0 Å². The number of methoxy groups -OCH3 is 1. The van der Waals surface area contributed by atoms with E-state index in [1.165, 1.54) is 10.4 Å². The van der Waals surface area contributed by atoms with Crippen molar-refractivity contribution in [1.82, 2.24) is 14.2 Å². The number of nitrogen functional groups attached to an aromatic ring is 1. The number of carbonyl (C=O) groups excluding carboxylic acids is 1. The number of carbonyl (C=O) groups is 1. The van der Waals surface area contributed by atoms with Gasteiger partial charge in [-0.2, -0.15) is 0 Å². The maximum atomic E-state index is 14.0. The Balaban J connectivity index is 1.53. The van der Waals surface area contributed by atoms with E-state index >= 15 is 0 Å². The van der Waals surface area contributed by atoms with Crippen LogP contribution in [0.15, 0.2) is 18.2 Å². The summed E-state index contributed by atoms with van der Waals surface area (Å²) < 4.78 is 59.9. The quantitative estimate of drug-likeness (QED) is 0.401. The van der Waals surface area contributed by atoms with E-state index in [1.54, 1.807) is 7.11 Å². The molecule has 2 aromatic rings. The number of thiazole rings is 1. The van der Waals surface area contributed by atoms with Crippen molar-refractivity contribution < 1.29 is 26.7 Å². The molecule has 0 unspecified atom stereocenters. The number of aromatic nitrogens is 1. The molecule has 1 fully saturated rings. The number of benzene rings is 1. The van der Waals surface area contributed by atoms with E-state index < -0.39 is 33.0 Å². The van der Waals surface area contributed by atoms with Crippen LogP contribution in [-0.4, -0.2) is 87.1 Å². The summed E-state index contributed by atoms with van der Waals surface area (Å²) in [6, 6.07) is 3.13. The first-order valence-electron chi connectivity index (χ1n) is 11.3. The van der Waals surface area contributed by atoms with E-state index in [1.807, 2.05) is 11.9 Å². The molecule has 2 heterocycles. The van der Waals surface area contributed by atoms with E-state index in [9.17, 15) is 22.0 Å². The molecule has 0 atom stereocenters. The number of nitrogens with two attached hydrogens (primary N) is 1. The lowest BCUT2D eigenvalue weighted by atomic mass is 10.1. The number of anilines is 2. The van der Waals surface area contributed by atoms with E-state index in [4.69, 9.17) is 10.5 Å². The fourth-order valence-electron chi connectivity index (χ4n) is 3.84. The molecule has 0 radical (unpaired) electrons. The van der Waals surface area contributed by atoms with Gasteiger partial charge in [0.2, 0.25) is 15.8 Å². The normalized spacial score (nSPS) is 15.6. The number of sulfonamides is 1. The van der Waals surface area contributed by atoms with Gasteiger partial charge in [-0.25, -0.2) is 26.5 Å². The maximum Gasteiger partial charge on any atom is 0.214 e. The van der Waals surface area contributed by atoms with Gasteiger partial charge in [-0.3, -0.25) is 4.79 Å². The largest absolute Gasteiger partial charge is 0.383 e. The van der Waals surface area contributed by atoms with E-state index in [-0.39, 0.29) is 22.5 Å². The monoisotopic (exact) mass is 531 g/mol. The summed E-state index contributed by atoms with van der Waals surface area (Å²) in [7, 11) is 0.212. The SMILES string of the molecule is COCCN(C)CCCS(=O)(=O)N1CCC(Nc2nc(N)c(C(=O)c3c(F)cccc3F)s2)CC1. The van der Waals surface area contributed by atoms with Crippen molar-refractivity contribution in [3.05, 3.63) is 40.3 Å². The number of ether oxygens (including phenoxy) is 1. The second-order valence-corrected chi connectivity index (χ2v) is 11.5. The fourth-order valence-corrected chi connectivity index (χ4v) is 6.27. The Bertz CT molecular complexity index is 1100. The van der Waals surface area contributed by atoms with Crippen LogP contribution in [0.5, 0.6) is 0 Å². The summed E-state index contributed by atoms with van der Waals surface area (Å²) in [6.07, 6.45) is 1.65. The second kappa shape index (κ2) is 12.2. The number of hydrogen-bond acceptors (Lipinski definition) is 9. The van der Waals surface area contributed by atoms with Gasteiger partial charge in [0.1, 0.15) is 22.3 Å². The van der Waals surface area contributed by atoms with Gasteiger partial charge in [0.15, 0.2) is 5.13 Å². The Hall–Kier alpha value is -2.19. The van der Waals surface area contributed by atoms with Gasteiger partial charge in [0.25, 0.3) is 0 Å². The number of nitrogens with zero attached hydrogens (tertiary/aromatic N) is 3. The summed E-state index contributed by atoms with van der Waals surface area (Å²) in [5, 5.41) is 3.52. The average Bonchev–Trinajstić information content (AvgIpc) is 3.17. The minimum atomic E-state index is -3.35. The molecule has 0 spiro atoms. The zero-order valence-electron chi connectivity index (χ0n) is 19.8. The zero-order chi connectivity index (χ0) is 25.6. The highest BCUT2D eigenvalue weighted by Crippen LogP contribution is 2.30. The van der Waals surface area contributed by atoms with Crippen LogP contribution in [0.3, 0.4) is 0 Å². The van der Waals surface area contributed by atoms with Crippen LogP contribution < -0.4 is 11.1 Å². The van der Waals surface area contributed by atoms with Crippen molar-refractivity contribution in [2.45, 2.75) is 25.3 Å². The van der Waals surface area contributed by atoms with Crippen molar-refractivity contribution in [1.29, 1.82) is 0 Å². The number of halogens is 2. The molecule has 0 bridgehead atoms. The van der Waals surface area contributed by atoms with Gasteiger partial charge in [-0.05, 0) is 45.0 Å². The van der Waals surface area contributed by atoms with Crippen molar-refractivity contribution in [2.75, 3.05) is 63.7 Å². The Kier molecular flexibility index (Phi) is 9.53. The predicted octanol–water partition coefficient (Wildman–Crippen LogP) is 2.41. The number of hydrogen-bond donors (Lipinski definition) is 2. The van der Waals surface area contributed by atoms with Crippen LogP contribution in [0.4, 0.5) is 19.7 Å². The number of nitrogens with one attached hydrogen (secondary N) is 1. The van der Waals surface area contributed by atoms with Crippen LogP contribution in [0.1, 0.15) is 34.5 Å². The second-order valence-electron chi connectivity index (χ2n) is 8.44. The number of ketones is 1. The molecule has 9 nitrogen and oxygen atoms in total. The zero-order valence-corrected chi connectivity index (χ0v) is 21.4. The van der Waals surface area contributed by atoms with Crippen molar-refractivity contribution in [2.24, 2.45) is 0 Å². The summed E-state index contributed by atoms with van der Waals surface area (Å²) in [5.74, 6) is -2.82. The first kappa shape index (κ1) is 27.4. The Morgan fingerprint density at radius 2 is 1.94 bits per heavy atom. The molecule has 1 saturated heterocycles. The first-order valence-corrected chi connectivity index (χ1v) is 13.7. The smallest absolute Gasteiger partial charge is 0.214 e. The van der Waals surface area contributed by atoms with Crippen LogP contribution in [0.2, 0.25) is 0 Å². The topological polar surface area (TPSA) is 118 Å². The van der Waals surface area contributed by atoms with Crippen molar-refractivity contribution >= 4 is 38.1 Å². The van der Waals surface area contributed by atoms with Gasteiger partial charge < -0.3 is 20.7 Å². The average molecular weight is 532 g/mol. The molecular formula is C22H31F2N5O4S2. The Morgan fingerprint density at radius 3 is 2.57 bits per heavy atom. The Morgan fingerprint density at radius 1 is 1.29 bits per heavy atom. The molecule has 0 amide bonds. The molecular weight excluding hydrogens is 500 g/mol. The van der Waals surface area contributed by atoms with Crippen molar-refractivity contribution in [3.63, 3.8) is 0 Å². The molecule has 35 heavy (non-hydrogen) atoms. The molecule has 1 aliphatic rings. The van der Waals surface area contributed by atoms with Crippen LogP contribution in [-0.2, 0) is 14.8 Å². The van der Waals surface area contributed by atoms with Gasteiger partial charge in [-0.15, -0.1) is 0 Å². The number of likely N-dealkylation sites (N-methyl/N-ethyl adjacent to an activating group) is 1. The van der Waals surface area contributed by atoms with E-state index in [0.717, 1.165) is 30.0 Å². The molecule has 3 rings (SSSR count). The highest BCUT2D eigenvalue weighted by Gasteiger charge is 2.29. The molecule has 194 valence electrons. The summed E-state index contributed by atoms with van der Waals surface area (Å²) in [6.45, 7) is 2.75. The molecule has 13 heteroatoms. The fraction of sp³-hybridized carbons (Fsp3) is 0.545. The van der Waals surface area contributed by atoms with Gasteiger partial charge in [0.05, 0.1) is 17.9 Å². The minimum absolute atomic E-state index is 0.0491. The highest BCUT2D eigenvalue weighted by atomic mass is 32.2. The molecule has 1 aromatic carbocycles.